The van der Waals surface area contributed by atoms with E-state index in [0.717, 1.165) is 19.4 Å². The normalized spacial score (nSPS) is 49.6. The van der Waals surface area contributed by atoms with Crippen molar-refractivity contribution < 1.29 is 14.6 Å². The molecule has 3 atom stereocenters. The predicted octanol–water partition coefficient (Wildman–Crippen LogP) is 0.520. The molecule has 0 aromatic carbocycles. The molecule has 11 heavy (non-hydrogen) atoms. The summed E-state index contributed by atoms with van der Waals surface area (Å²) in [5.41, 5.74) is -0.0833. The first-order valence-electron chi connectivity index (χ1n) is 4.21. The molecule has 64 valence electrons. The van der Waals surface area contributed by atoms with E-state index in [4.69, 9.17) is 9.47 Å². The fourth-order valence-corrected chi connectivity index (χ4v) is 2.10. The lowest BCUT2D eigenvalue weighted by Gasteiger charge is -2.26. The Hall–Kier alpha value is -0.120. The van der Waals surface area contributed by atoms with Gasteiger partial charge in [0.15, 0.2) is 6.29 Å². The van der Waals surface area contributed by atoms with E-state index >= 15 is 0 Å². The summed E-state index contributed by atoms with van der Waals surface area (Å²) in [6.07, 6.45) is 1.43. The van der Waals surface area contributed by atoms with Gasteiger partial charge in [0.25, 0.3) is 0 Å². The first kappa shape index (κ1) is 7.53. The van der Waals surface area contributed by atoms with Crippen molar-refractivity contribution in [1.29, 1.82) is 0 Å². The fraction of sp³-hybridized carbons (Fsp3) is 1.00. The number of aliphatic hydroxyl groups excluding tert-OH is 1. The second-order valence-electron chi connectivity index (χ2n) is 3.39. The van der Waals surface area contributed by atoms with E-state index in [-0.39, 0.29) is 17.8 Å². The van der Waals surface area contributed by atoms with E-state index in [0.29, 0.717) is 6.61 Å². The topological polar surface area (TPSA) is 38.7 Å². The summed E-state index contributed by atoms with van der Waals surface area (Å²) in [6, 6.07) is 0. The van der Waals surface area contributed by atoms with Gasteiger partial charge >= 0.3 is 0 Å². The van der Waals surface area contributed by atoms with Gasteiger partial charge in [0.1, 0.15) is 0 Å². The van der Waals surface area contributed by atoms with Crippen molar-refractivity contribution in [2.75, 3.05) is 13.2 Å². The molecular formula is C8H14O3. The van der Waals surface area contributed by atoms with Crippen molar-refractivity contribution >= 4 is 0 Å². The highest BCUT2D eigenvalue weighted by Gasteiger charge is 2.53. The molecule has 0 aliphatic carbocycles. The third-order valence-electron chi connectivity index (χ3n) is 3.03. The van der Waals surface area contributed by atoms with Crippen LogP contribution >= 0.6 is 0 Å². The van der Waals surface area contributed by atoms with E-state index in [1.54, 1.807) is 0 Å². The summed E-state index contributed by atoms with van der Waals surface area (Å²) >= 11 is 0. The lowest BCUT2D eigenvalue weighted by atomic mass is 9.79. The monoisotopic (exact) mass is 158 g/mol. The third kappa shape index (κ3) is 0.849. The van der Waals surface area contributed by atoms with Crippen LogP contribution in [0.15, 0.2) is 0 Å². The zero-order valence-corrected chi connectivity index (χ0v) is 6.75. The van der Waals surface area contributed by atoms with Gasteiger partial charge in [-0.2, -0.15) is 0 Å². The average Bonchev–Trinajstić information content (AvgIpc) is 2.53. The number of aliphatic hydroxyl groups is 1. The van der Waals surface area contributed by atoms with Crippen LogP contribution in [0.4, 0.5) is 0 Å². The summed E-state index contributed by atoms with van der Waals surface area (Å²) in [5.74, 6) is 0. The van der Waals surface area contributed by atoms with Crippen LogP contribution in [0.1, 0.15) is 19.8 Å². The van der Waals surface area contributed by atoms with Crippen LogP contribution in [0.2, 0.25) is 0 Å². The number of hydrogen-bond donors (Lipinski definition) is 1. The van der Waals surface area contributed by atoms with Gasteiger partial charge in [0.2, 0.25) is 0 Å². The molecule has 0 unspecified atom stereocenters. The molecule has 2 saturated heterocycles. The molecule has 1 N–H and O–H groups in total. The maximum absolute atomic E-state index is 9.64. The molecule has 0 bridgehead atoms. The smallest absolute Gasteiger partial charge is 0.165 e. The van der Waals surface area contributed by atoms with Crippen LogP contribution in [0.3, 0.4) is 0 Å². The van der Waals surface area contributed by atoms with Crippen LogP contribution in [0, 0.1) is 5.41 Å². The Morgan fingerprint density at radius 3 is 3.00 bits per heavy atom. The number of rotatable bonds is 1. The van der Waals surface area contributed by atoms with E-state index in [2.05, 4.69) is 6.92 Å². The van der Waals surface area contributed by atoms with Gasteiger partial charge in [0.05, 0.1) is 24.7 Å². The molecular weight excluding hydrogens is 144 g/mol. The number of ether oxygens (including phenoxy) is 2. The lowest BCUT2D eigenvalue weighted by Crippen LogP contribution is -2.35. The lowest BCUT2D eigenvalue weighted by molar-refractivity contribution is -0.112. The second kappa shape index (κ2) is 2.44. The van der Waals surface area contributed by atoms with Crippen molar-refractivity contribution in [3.8, 4) is 0 Å². The van der Waals surface area contributed by atoms with E-state index in [1.807, 2.05) is 0 Å². The van der Waals surface area contributed by atoms with Gasteiger partial charge in [-0.1, -0.05) is 6.92 Å². The van der Waals surface area contributed by atoms with Gasteiger partial charge in [0, 0.05) is 0 Å². The van der Waals surface area contributed by atoms with Crippen molar-refractivity contribution in [3.63, 3.8) is 0 Å². The summed E-state index contributed by atoms with van der Waals surface area (Å²) in [5, 5.41) is 9.64. The summed E-state index contributed by atoms with van der Waals surface area (Å²) in [6.45, 7) is 3.26. The van der Waals surface area contributed by atoms with Crippen LogP contribution in [0.25, 0.3) is 0 Å². The summed E-state index contributed by atoms with van der Waals surface area (Å²) in [7, 11) is 0. The van der Waals surface area contributed by atoms with E-state index in [1.165, 1.54) is 0 Å². The predicted molar refractivity (Wildman–Crippen MR) is 39.0 cm³/mol. The molecule has 3 heteroatoms. The zero-order valence-electron chi connectivity index (χ0n) is 6.75. The minimum Gasteiger partial charge on any atom is -0.390 e. The third-order valence-corrected chi connectivity index (χ3v) is 3.03. The molecule has 3 nitrogen and oxygen atoms in total. The maximum Gasteiger partial charge on any atom is 0.165 e. The standard InChI is InChI=1S/C8H14O3/c1-2-8-3-4-10-7(8)11-5-6(8)9/h6-7,9H,2-5H2,1H3/t6-,7+,8-/m0/s1. The molecule has 2 rings (SSSR count). The number of hydrogen-bond acceptors (Lipinski definition) is 3. The van der Waals surface area contributed by atoms with E-state index in [9.17, 15) is 5.11 Å². The van der Waals surface area contributed by atoms with Gasteiger partial charge in [-0.05, 0) is 12.8 Å². The van der Waals surface area contributed by atoms with Gasteiger partial charge in [-0.3, -0.25) is 0 Å². The average molecular weight is 158 g/mol. The molecule has 0 amide bonds. The molecule has 2 heterocycles. The Morgan fingerprint density at radius 2 is 2.36 bits per heavy atom. The van der Waals surface area contributed by atoms with Crippen molar-refractivity contribution in [3.05, 3.63) is 0 Å². The summed E-state index contributed by atoms with van der Waals surface area (Å²) < 4.78 is 10.7. The Bertz CT molecular complexity index is 159. The highest BCUT2D eigenvalue weighted by molar-refractivity contribution is 4.96. The fourth-order valence-electron chi connectivity index (χ4n) is 2.10. The molecule has 2 aliphatic heterocycles. The van der Waals surface area contributed by atoms with Crippen LogP contribution in [-0.4, -0.2) is 30.7 Å². The molecule has 2 fully saturated rings. The Morgan fingerprint density at radius 1 is 1.55 bits per heavy atom. The molecule has 0 aromatic heterocycles. The highest BCUT2D eigenvalue weighted by Crippen LogP contribution is 2.46. The van der Waals surface area contributed by atoms with E-state index < -0.39 is 0 Å². The van der Waals surface area contributed by atoms with Crippen molar-refractivity contribution in [2.45, 2.75) is 32.2 Å². The molecule has 0 spiro atoms. The number of fused-ring (bicyclic) bond motifs is 1. The molecule has 0 saturated carbocycles. The van der Waals surface area contributed by atoms with Gasteiger partial charge < -0.3 is 14.6 Å². The Labute approximate surface area is 66.3 Å². The van der Waals surface area contributed by atoms with Crippen LogP contribution in [-0.2, 0) is 9.47 Å². The van der Waals surface area contributed by atoms with Crippen molar-refractivity contribution in [1.82, 2.24) is 0 Å². The Balaban J connectivity index is 2.22. The second-order valence-corrected chi connectivity index (χ2v) is 3.39. The molecule has 0 radical (unpaired) electrons. The maximum atomic E-state index is 9.64. The molecule has 2 aliphatic rings. The Kier molecular flexibility index (Phi) is 1.67. The zero-order chi connectivity index (χ0) is 7.90. The van der Waals surface area contributed by atoms with Crippen LogP contribution < -0.4 is 0 Å². The SMILES string of the molecule is CC[C@@]12CCO[C@@H]1OC[C@@H]2O. The minimum atomic E-state index is -0.319. The quantitative estimate of drug-likeness (QED) is 0.604. The van der Waals surface area contributed by atoms with Gasteiger partial charge in [-0.25, -0.2) is 0 Å². The van der Waals surface area contributed by atoms with Crippen molar-refractivity contribution in [2.24, 2.45) is 5.41 Å². The highest BCUT2D eigenvalue weighted by atomic mass is 16.7. The van der Waals surface area contributed by atoms with Gasteiger partial charge in [-0.15, -0.1) is 0 Å². The molecule has 0 aromatic rings. The van der Waals surface area contributed by atoms with Crippen LogP contribution in [0.5, 0.6) is 0 Å². The minimum absolute atomic E-state index is 0.0833. The first-order valence-corrected chi connectivity index (χ1v) is 4.21. The largest absolute Gasteiger partial charge is 0.390 e. The first-order chi connectivity index (χ1) is 5.29. The summed E-state index contributed by atoms with van der Waals surface area (Å²) in [4.78, 5) is 0.